The second-order valence-electron chi connectivity index (χ2n) is 6.01. The molecule has 0 aliphatic rings. The van der Waals surface area contributed by atoms with Gasteiger partial charge in [-0.1, -0.05) is 42.5 Å². The fourth-order valence-electron chi connectivity index (χ4n) is 2.45. The molecule has 0 aliphatic heterocycles. The molecule has 0 saturated heterocycles. The number of ether oxygens (including phenoxy) is 1. The number of nitrogens with one attached hydrogen (secondary N) is 1. The third kappa shape index (κ3) is 5.88. The van der Waals surface area contributed by atoms with Gasteiger partial charge in [-0.15, -0.1) is 27.0 Å². The Kier molecular flexibility index (Phi) is 7.77. The molecule has 2 heterocycles. The number of nitrogens with zero attached hydrogens (tertiary/aromatic N) is 5. The third-order valence-corrected chi connectivity index (χ3v) is 5.42. The molecule has 0 fully saturated rings. The first-order valence-electron chi connectivity index (χ1n) is 9.17. The molecule has 0 saturated carbocycles. The van der Waals surface area contributed by atoms with E-state index < -0.39 is 0 Å². The van der Waals surface area contributed by atoms with Gasteiger partial charge in [-0.3, -0.25) is 14.7 Å². The summed E-state index contributed by atoms with van der Waals surface area (Å²) in [5.74, 6) is 1.58. The van der Waals surface area contributed by atoms with E-state index in [2.05, 4.69) is 39.2 Å². The third-order valence-electron chi connectivity index (χ3n) is 3.85. The van der Waals surface area contributed by atoms with E-state index in [1.54, 1.807) is 11.6 Å². The van der Waals surface area contributed by atoms with Gasteiger partial charge in [-0.25, -0.2) is 0 Å². The van der Waals surface area contributed by atoms with Crippen LogP contribution in [0.25, 0.3) is 11.4 Å². The van der Waals surface area contributed by atoms with Gasteiger partial charge in [0.2, 0.25) is 11.0 Å². The summed E-state index contributed by atoms with van der Waals surface area (Å²) in [4.78, 5) is 12.1. The van der Waals surface area contributed by atoms with Crippen molar-refractivity contribution in [2.75, 3.05) is 17.7 Å². The maximum atomic E-state index is 12.1. The summed E-state index contributed by atoms with van der Waals surface area (Å²) >= 11 is 2.58. The van der Waals surface area contributed by atoms with Crippen LogP contribution in [0.3, 0.4) is 0 Å². The number of allylic oxidation sites excluding steroid dienone is 1. The van der Waals surface area contributed by atoms with Crippen LogP contribution < -0.4 is 10.1 Å². The molecule has 1 N–H and O–H groups in total. The largest absolute Gasteiger partial charge is 0.494 e. The minimum absolute atomic E-state index is 0.171. The van der Waals surface area contributed by atoms with Gasteiger partial charge in [0, 0.05) is 12.1 Å². The number of hydrogen-bond acceptors (Lipinski definition) is 8. The van der Waals surface area contributed by atoms with E-state index >= 15 is 0 Å². The lowest BCUT2D eigenvalue weighted by molar-refractivity contribution is -0.113. The molecule has 0 radical (unpaired) electrons. The number of aromatic nitrogens is 5. The Balaban J connectivity index is 1.67. The number of carbonyl (C=O) groups excluding carboxylic acids is 1. The lowest BCUT2D eigenvalue weighted by atomic mass is 10.2. The van der Waals surface area contributed by atoms with Crippen LogP contribution in [0.4, 0.5) is 5.13 Å². The van der Waals surface area contributed by atoms with E-state index in [1.807, 2.05) is 28.8 Å². The standard InChI is InChI=1S/C19H22N6O2S2/c1-3-5-11-27-15-8-6-14(7-9-15)17-22-24-19(25(17)10-4-2)28-12-16(26)21-18-23-20-13-29-18/h4,6-9,13H,2-3,5,10-12H2,1H3,(H,21,23,26). The molecule has 29 heavy (non-hydrogen) atoms. The maximum Gasteiger partial charge on any atom is 0.236 e. The average molecular weight is 431 g/mol. The van der Waals surface area contributed by atoms with Crippen LogP contribution in [0.15, 0.2) is 47.6 Å². The van der Waals surface area contributed by atoms with Gasteiger partial charge < -0.3 is 4.74 Å². The maximum absolute atomic E-state index is 12.1. The Morgan fingerprint density at radius 2 is 2.14 bits per heavy atom. The van der Waals surface area contributed by atoms with Gasteiger partial charge in [-0.2, -0.15) is 0 Å². The van der Waals surface area contributed by atoms with Crippen molar-refractivity contribution < 1.29 is 9.53 Å². The highest BCUT2D eigenvalue weighted by Gasteiger charge is 2.15. The van der Waals surface area contributed by atoms with Gasteiger partial charge in [0.25, 0.3) is 0 Å². The van der Waals surface area contributed by atoms with Gasteiger partial charge >= 0.3 is 0 Å². The number of anilines is 1. The van der Waals surface area contributed by atoms with Crippen molar-refractivity contribution in [3.05, 3.63) is 42.4 Å². The summed E-state index contributed by atoms with van der Waals surface area (Å²) in [5.41, 5.74) is 2.49. The molecular formula is C19H22N6O2S2. The predicted octanol–water partition coefficient (Wildman–Crippen LogP) is 3.89. The fourth-order valence-corrected chi connectivity index (χ4v) is 3.66. The summed E-state index contributed by atoms with van der Waals surface area (Å²) < 4.78 is 7.65. The first kappa shape index (κ1) is 21.0. The molecule has 0 bridgehead atoms. The quantitative estimate of drug-likeness (QED) is 0.280. The first-order valence-corrected chi connectivity index (χ1v) is 11.0. The Labute approximate surface area is 177 Å². The molecule has 1 aromatic carbocycles. The smallest absolute Gasteiger partial charge is 0.236 e. The molecule has 10 heteroatoms. The monoisotopic (exact) mass is 430 g/mol. The molecule has 8 nitrogen and oxygen atoms in total. The van der Waals surface area contributed by atoms with Crippen LogP contribution in [0.5, 0.6) is 5.75 Å². The summed E-state index contributed by atoms with van der Waals surface area (Å²) in [6.07, 6.45) is 3.91. The summed E-state index contributed by atoms with van der Waals surface area (Å²) in [5, 5.41) is 19.9. The highest BCUT2D eigenvalue weighted by Crippen LogP contribution is 2.26. The van der Waals surface area contributed by atoms with Gasteiger partial charge in [-0.05, 0) is 30.7 Å². The fraction of sp³-hybridized carbons (Fsp3) is 0.316. The molecule has 0 aliphatic carbocycles. The number of thioether (sulfide) groups is 1. The first-order chi connectivity index (χ1) is 14.2. The lowest BCUT2D eigenvalue weighted by Gasteiger charge is -2.09. The minimum atomic E-state index is -0.171. The molecule has 3 aromatic rings. The molecule has 152 valence electrons. The minimum Gasteiger partial charge on any atom is -0.494 e. The van der Waals surface area contributed by atoms with Crippen LogP contribution in [0, 0.1) is 0 Å². The van der Waals surface area contributed by atoms with Crippen molar-refractivity contribution in [3.63, 3.8) is 0 Å². The zero-order valence-corrected chi connectivity index (χ0v) is 17.7. The highest BCUT2D eigenvalue weighted by atomic mass is 32.2. The van der Waals surface area contributed by atoms with Crippen LogP contribution in [-0.2, 0) is 11.3 Å². The molecule has 0 spiro atoms. The van der Waals surface area contributed by atoms with Crippen molar-refractivity contribution >= 4 is 34.1 Å². The lowest BCUT2D eigenvalue weighted by Crippen LogP contribution is -2.14. The predicted molar refractivity (Wildman–Crippen MR) is 115 cm³/mol. The molecule has 3 rings (SSSR count). The summed E-state index contributed by atoms with van der Waals surface area (Å²) in [7, 11) is 0. The van der Waals surface area contributed by atoms with Crippen LogP contribution >= 0.6 is 23.1 Å². The van der Waals surface area contributed by atoms with E-state index in [-0.39, 0.29) is 11.7 Å². The zero-order chi connectivity index (χ0) is 20.5. The molecule has 0 unspecified atom stereocenters. The average Bonchev–Trinajstić information content (AvgIpc) is 3.38. The summed E-state index contributed by atoms with van der Waals surface area (Å²) in [6.45, 7) is 7.20. The Bertz CT molecular complexity index is 925. The van der Waals surface area contributed by atoms with Crippen molar-refractivity contribution in [3.8, 4) is 17.1 Å². The van der Waals surface area contributed by atoms with Gasteiger partial charge in [0.05, 0.1) is 12.4 Å². The van der Waals surface area contributed by atoms with Crippen molar-refractivity contribution in [1.82, 2.24) is 25.0 Å². The number of benzene rings is 1. The number of amides is 1. The zero-order valence-electron chi connectivity index (χ0n) is 16.1. The normalized spacial score (nSPS) is 10.7. The second kappa shape index (κ2) is 10.7. The van der Waals surface area contributed by atoms with E-state index in [4.69, 9.17) is 4.74 Å². The van der Waals surface area contributed by atoms with Crippen LogP contribution in [0.1, 0.15) is 19.8 Å². The molecule has 2 aromatic heterocycles. The van der Waals surface area contributed by atoms with E-state index in [1.165, 1.54) is 23.1 Å². The van der Waals surface area contributed by atoms with Gasteiger partial charge in [0.15, 0.2) is 11.0 Å². The van der Waals surface area contributed by atoms with Crippen LogP contribution in [-0.4, -0.2) is 43.2 Å². The highest BCUT2D eigenvalue weighted by molar-refractivity contribution is 7.99. The molecule has 1 amide bonds. The van der Waals surface area contributed by atoms with Crippen molar-refractivity contribution in [2.45, 2.75) is 31.5 Å². The second-order valence-corrected chi connectivity index (χ2v) is 7.79. The van der Waals surface area contributed by atoms with Crippen LogP contribution in [0.2, 0.25) is 0 Å². The Morgan fingerprint density at radius 1 is 1.31 bits per heavy atom. The topological polar surface area (TPSA) is 94.8 Å². The summed E-state index contributed by atoms with van der Waals surface area (Å²) in [6, 6.07) is 7.78. The number of rotatable bonds is 11. The van der Waals surface area contributed by atoms with Gasteiger partial charge in [0.1, 0.15) is 11.3 Å². The number of unbranched alkanes of at least 4 members (excludes halogenated alkanes) is 1. The molecular weight excluding hydrogens is 408 g/mol. The van der Waals surface area contributed by atoms with Crippen molar-refractivity contribution in [2.24, 2.45) is 0 Å². The number of carbonyl (C=O) groups is 1. The van der Waals surface area contributed by atoms with E-state index in [9.17, 15) is 4.79 Å². The Morgan fingerprint density at radius 3 is 2.83 bits per heavy atom. The van der Waals surface area contributed by atoms with E-state index in [0.29, 0.717) is 23.4 Å². The molecule has 0 atom stereocenters. The van der Waals surface area contributed by atoms with E-state index in [0.717, 1.165) is 30.0 Å². The van der Waals surface area contributed by atoms with Crippen molar-refractivity contribution in [1.29, 1.82) is 0 Å². The Hall–Kier alpha value is -2.72. The SMILES string of the molecule is C=CCn1c(SCC(=O)Nc2nncs2)nnc1-c1ccc(OCCCC)cc1. The number of hydrogen-bond donors (Lipinski definition) is 1.